The van der Waals surface area contributed by atoms with Crippen molar-refractivity contribution >= 4 is 5.82 Å². The molecule has 5 heteroatoms. The summed E-state index contributed by atoms with van der Waals surface area (Å²) in [6.45, 7) is 9.10. The van der Waals surface area contributed by atoms with Gasteiger partial charge in [0.1, 0.15) is 18.8 Å². The molecule has 0 bridgehead atoms. The first-order valence-electron chi connectivity index (χ1n) is 6.48. The van der Waals surface area contributed by atoms with E-state index in [0.29, 0.717) is 25.0 Å². The Hall–Kier alpha value is -1.36. The van der Waals surface area contributed by atoms with E-state index in [0.717, 1.165) is 25.4 Å². The molecule has 1 heterocycles. The maximum Gasteiger partial charge on any atom is 0.218 e. The van der Waals surface area contributed by atoms with Crippen molar-refractivity contribution in [1.82, 2.24) is 9.97 Å². The fourth-order valence-corrected chi connectivity index (χ4v) is 1.29. The summed E-state index contributed by atoms with van der Waals surface area (Å²) in [5.74, 6) is 1.93. The van der Waals surface area contributed by atoms with Crippen LogP contribution >= 0.6 is 0 Å². The summed E-state index contributed by atoms with van der Waals surface area (Å²) in [6, 6.07) is 1.80. The van der Waals surface area contributed by atoms with Crippen LogP contribution in [0.2, 0.25) is 0 Å². The number of aromatic nitrogens is 2. The van der Waals surface area contributed by atoms with Crippen molar-refractivity contribution in [1.29, 1.82) is 0 Å². The number of nitrogens with one attached hydrogen (secondary N) is 1. The molecular weight excluding hydrogens is 230 g/mol. The summed E-state index contributed by atoms with van der Waals surface area (Å²) in [5, 5.41) is 3.19. The van der Waals surface area contributed by atoms with Gasteiger partial charge in [0.05, 0.1) is 6.61 Å². The monoisotopic (exact) mass is 253 g/mol. The van der Waals surface area contributed by atoms with Crippen LogP contribution in [0.5, 0.6) is 5.88 Å². The predicted octanol–water partition coefficient (Wildman–Crippen LogP) is 2.35. The van der Waals surface area contributed by atoms with Crippen LogP contribution in [0.3, 0.4) is 0 Å². The van der Waals surface area contributed by atoms with Crippen molar-refractivity contribution in [2.75, 3.05) is 31.7 Å². The van der Waals surface area contributed by atoms with E-state index >= 15 is 0 Å². The van der Waals surface area contributed by atoms with Gasteiger partial charge < -0.3 is 14.8 Å². The van der Waals surface area contributed by atoms with Gasteiger partial charge in [-0.1, -0.05) is 20.8 Å². The molecule has 0 unspecified atom stereocenters. The fraction of sp³-hybridized carbons (Fsp3) is 0.692. The summed E-state index contributed by atoms with van der Waals surface area (Å²) >= 11 is 0. The van der Waals surface area contributed by atoms with E-state index in [2.05, 4.69) is 36.1 Å². The second kappa shape index (κ2) is 8.69. The fourth-order valence-electron chi connectivity index (χ4n) is 1.29. The molecule has 0 saturated heterocycles. The Bertz CT molecular complexity index is 332. The summed E-state index contributed by atoms with van der Waals surface area (Å²) in [6.07, 6.45) is 2.56. The zero-order chi connectivity index (χ0) is 13.2. The molecule has 0 saturated carbocycles. The molecule has 0 radical (unpaired) electrons. The molecule has 0 fully saturated rings. The van der Waals surface area contributed by atoms with Crippen molar-refractivity contribution in [3.63, 3.8) is 0 Å². The van der Waals surface area contributed by atoms with Crippen LogP contribution in [0.1, 0.15) is 27.2 Å². The first-order chi connectivity index (χ1) is 8.72. The highest BCUT2D eigenvalue weighted by Crippen LogP contribution is 2.10. The summed E-state index contributed by atoms with van der Waals surface area (Å²) in [5.41, 5.74) is 0. The molecule has 0 aliphatic rings. The van der Waals surface area contributed by atoms with Gasteiger partial charge in [-0.15, -0.1) is 0 Å². The van der Waals surface area contributed by atoms with Gasteiger partial charge >= 0.3 is 0 Å². The van der Waals surface area contributed by atoms with Crippen LogP contribution in [-0.2, 0) is 4.74 Å². The third kappa shape index (κ3) is 6.39. The molecule has 0 aliphatic heterocycles. The van der Waals surface area contributed by atoms with Crippen molar-refractivity contribution in [2.45, 2.75) is 27.2 Å². The van der Waals surface area contributed by atoms with E-state index < -0.39 is 0 Å². The maximum atomic E-state index is 5.49. The molecular formula is C13H23N3O2. The number of anilines is 1. The smallest absolute Gasteiger partial charge is 0.218 e. The highest BCUT2D eigenvalue weighted by atomic mass is 16.5. The first-order valence-corrected chi connectivity index (χ1v) is 6.48. The average molecular weight is 253 g/mol. The Morgan fingerprint density at radius 2 is 2.11 bits per heavy atom. The van der Waals surface area contributed by atoms with E-state index in [1.807, 2.05) is 0 Å². The van der Waals surface area contributed by atoms with E-state index in [1.165, 1.54) is 6.33 Å². The first kappa shape index (κ1) is 14.7. The molecule has 0 amide bonds. The van der Waals surface area contributed by atoms with Crippen molar-refractivity contribution < 1.29 is 9.47 Å². The van der Waals surface area contributed by atoms with E-state index in [4.69, 9.17) is 9.47 Å². The van der Waals surface area contributed by atoms with Gasteiger partial charge in [-0.25, -0.2) is 9.97 Å². The van der Waals surface area contributed by atoms with Crippen LogP contribution in [0.15, 0.2) is 12.4 Å². The Morgan fingerprint density at radius 3 is 2.83 bits per heavy atom. The van der Waals surface area contributed by atoms with Gasteiger partial charge in [0, 0.05) is 19.2 Å². The highest BCUT2D eigenvalue weighted by Gasteiger charge is 1.99. The number of rotatable bonds is 9. The standard InChI is InChI=1S/C13H23N3O2/c1-4-5-14-12-8-13(16-10-15-12)18-7-6-17-9-11(2)3/h8,10-11H,4-7,9H2,1-3H3,(H,14,15,16). The quantitative estimate of drug-likeness (QED) is 0.685. The van der Waals surface area contributed by atoms with Gasteiger partial charge in [0.15, 0.2) is 0 Å². The van der Waals surface area contributed by atoms with E-state index in [1.54, 1.807) is 6.07 Å². The highest BCUT2D eigenvalue weighted by molar-refractivity contribution is 5.36. The van der Waals surface area contributed by atoms with Crippen LogP contribution in [0.4, 0.5) is 5.82 Å². The molecule has 0 atom stereocenters. The summed E-state index contributed by atoms with van der Waals surface area (Å²) in [7, 11) is 0. The van der Waals surface area contributed by atoms with Gasteiger partial charge in [0.25, 0.3) is 0 Å². The number of nitrogens with zero attached hydrogens (tertiary/aromatic N) is 2. The van der Waals surface area contributed by atoms with Crippen molar-refractivity contribution in [3.05, 3.63) is 12.4 Å². The van der Waals surface area contributed by atoms with Crippen molar-refractivity contribution in [2.24, 2.45) is 5.92 Å². The lowest BCUT2D eigenvalue weighted by Gasteiger charge is -2.09. The molecule has 1 N–H and O–H groups in total. The molecule has 1 aromatic heterocycles. The third-order valence-electron chi connectivity index (χ3n) is 2.13. The van der Waals surface area contributed by atoms with E-state index in [9.17, 15) is 0 Å². The predicted molar refractivity (Wildman–Crippen MR) is 72.0 cm³/mol. The molecule has 0 aliphatic carbocycles. The van der Waals surface area contributed by atoms with Crippen LogP contribution in [0, 0.1) is 5.92 Å². The van der Waals surface area contributed by atoms with Crippen LogP contribution < -0.4 is 10.1 Å². The lowest BCUT2D eigenvalue weighted by Crippen LogP contribution is -2.11. The molecule has 5 nitrogen and oxygen atoms in total. The molecule has 0 spiro atoms. The zero-order valence-electron chi connectivity index (χ0n) is 11.5. The normalized spacial score (nSPS) is 10.7. The van der Waals surface area contributed by atoms with Crippen molar-refractivity contribution in [3.8, 4) is 5.88 Å². The van der Waals surface area contributed by atoms with Gasteiger partial charge in [-0.3, -0.25) is 0 Å². The minimum Gasteiger partial charge on any atom is -0.475 e. The zero-order valence-corrected chi connectivity index (χ0v) is 11.5. The maximum absolute atomic E-state index is 5.49. The SMILES string of the molecule is CCCNc1cc(OCCOCC(C)C)ncn1. The molecule has 18 heavy (non-hydrogen) atoms. The van der Waals surface area contributed by atoms with Gasteiger partial charge in [0.2, 0.25) is 5.88 Å². The minimum atomic E-state index is 0.511. The Labute approximate surface area is 109 Å². The number of ether oxygens (including phenoxy) is 2. The largest absolute Gasteiger partial charge is 0.475 e. The average Bonchev–Trinajstić information content (AvgIpc) is 2.36. The summed E-state index contributed by atoms with van der Waals surface area (Å²) in [4.78, 5) is 8.16. The van der Waals surface area contributed by atoms with Gasteiger partial charge in [-0.2, -0.15) is 0 Å². The molecule has 1 aromatic rings. The third-order valence-corrected chi connectivity index (χ3v) is 2.13. The molecule has 1 rings (SSSR count). The van der Waals surface area contributed by atoms with Crippen LogP contribution in [-0.4, -0.2) is 36.3 Å². The molecule has 102 valence electrons. The Balaban J connectivity index is 2.24. The van der Waals surface area contributed by atoms with Crippen LogP contribution in [0.25, 0.3) is 0 Å². The number of hydrogen-bond donors (Lipinski definition) is 1. The lowest BCUT2D eigenvalue weighted by atomic mass is 10.2. The number of hydrogen-bond acceptors (Lipinski definition) is 5. The lowest BCUT2D eigenvalue weighted by molar-refractivity contribution is 0.0806. The minimum absolute atomic E-state index is 0.511. The Kier molecular flexibility index (Phi) is 7.10. The topological polar surface area (TPSA) is 56.3 Å². The second-order valence-electron chi connectivity index (χ2n) is 4.49. The summed E-state index contributed by atoms with van der Waals surface area (Å²) < 4.78 is 10.9. The second-order valence-corrected chi connectivity index (χ2v) is 4.49. The Morgan fingerprint density at radius 1 is 1.28 bits per heavy atom. The molecule has 0 aromatic carbocycles. The van der Waals surface area contributed by atoms with E-state index in [-0.39, 0.29) is 0 Å². The van der Waals surface area contributed by atoms with Gasteiger partial charge in [-0.05, 0) is 12.3 Å².